The molecule has 2 N–H and O–H groups in total. The Morgan fingerprint density at radius 2 is 1.95 bits per heavy atom. The highest BCUT2D eigenvalue weighted by Crippen LogP contribution is 2.26. The van der Waals surface area contributed by atoms with Crippen molar-refractivity contribution < 1.29 is 9.53 Å². The van der Waals surface area contributed by atoms with Crippen molar-refractivity contribution in [3.8, 4) is 5.75 Å². The van der Waals surface area contributed by atoms with Crippen LogP contribution in [0, 0.1) is 5.92 Å². The number of ether oxygens (including phenoxy) is 1. The van der Waals surface area contributed by atoms with Gasteiger partial charge in [-0.05, 0) is 31.9 Å². The van der Waals surface area contributed by atoms with E-state index in [0.717, 1.165) is 0 Å². The summed E-state index contributed by atoms with van der Waals surface area (Å²) < 4.78 is 5.25. The van der Waals surface area contributed by atoms with Crippen molar-refractivity contribution in [3.05, 3.63) is 23.8 Å². The molecule has 0 saturated carbocycles. The molecule has 0 aliphatic heterocycles. The summed E-state index contributed by atoms with van der Waals surface area (Å²) in [5.41, 5.74) is 6.85. The van der Waals surface area contributed by atoms with Gasteiger partial charge in [0.25, 0.3) is 5.91 Å². The van der Waals surface area contributed by atoms with Gasteiger partial charge in [0.1, 0.15) is 11.3 Å². The number of nitrogens with zero attached hydrogens (tertiary/aromatic N) is 1. The molecule has 4 nitrogen and oxygen atoms in total. The van der Waals surface area contributed by atoms with Gasteiger partial charge in [-0.2, -0.15) is 0 Å². The quantitative estimate of drug-likeness (QED) is 0.832. The van der Waals surface area contributed by atoms with Gasteiger partial charge in [-0.15, -0.1) is 0 Å². The first kappa shape index (κ1) is 15.3. The highest BCUT2D eigenvalue weighted by molar-refractivity contribution is 6.02. The van der Waals surface area contributed by atoms with Crippen molar-refractivity contribution in [2.45, 2.75) is 33.7 Å². The van der Waals surface area contributed by atoms with E-state index in [1.165, 1.54) is 0 Å². The van der Waals surface area contributed by atoms with Gasteiger partial charge in [0.15, 0.2) is 0 Å². The second-order valence-electron chi connectivity index (χ2n) is 5.37. The number of hydrogen-bond donors (Lipinski definition) is 1. The summed E-state index contributed by atoms with van der Waals surface area (Å²) in [5.74, 6) is 0.861. The maximum atomic E-state index is 12.7. The van der Waals surface area contributed by atoms with Crippen LogP contribution in [0.5, 0.6) is 5.75 Å². The molecule has 1 rings (SSSR count). The maximum absolute atomic E-state index is 12.7. The van der Waals surface area contributed by atoms with Gasteiger partial charge in [-0.25, -0.2) is 0 Å². The maximum Gasteiger partial charge on any atom is 0.259 e. The number of carbonyl (C=O) groups is 1. The summed E-state index contributed by atoms with van der Waals surface area (Å²) in [4.78, 5) is 14.5. The van der Waals surface area contributed by atoms with Gasteiger partial charge in [-0.1, -0.05) is 19.9 Å². The lowest BCUT2D eigenvalue weighted by Crippen LogP contribution is -2.40. The Labute approximate surface area is 115 Å². The molecule has 0 bridgehead atoms. The minimum absolute atomic E-state index is 0.0707. The summed E-state index contributed by atoms with van der Waals surface area (Å²) in [7, 11) is 1.55. The van der Waals surface area contributed by atoms with E-state index in [2.05, 4.69) is 13.8 Å². The number of carbonyl (C=O) groups excluding carboxylic acids is 1. The molecule has 0 radical (unpaired) electrons. The Bertz CT molecular complexity index is 442. The predicted octanol–water partition coefficient (Wildman–Crippen LogP) is 2.78. The molecule has 0 saturated heterocycles. The Morgan fingerprint density at radius 3 is 2.42 bits per heavy atom. The molecule has 1 aromatic carbocycles. The SMILES string of the molecule is COc1cccc(N)c1C(=O)N(CC(C)C)C(C)C. The molecule has 0 unspecified atom stereocenters. The third-order valence-electron chi connectivity index (χ3n) is 2.94. The van der Waals surface area contributed by atoms with E-state index in [9.17, 15) is 4.79 Å². The molecule has 1 aromatic rings. The fraction of sp³-hybridized carbons (Fsp3) is 0.533. The number of methoxy groups -OCH3 is 1. The van der Waals surface area contributed by atoms with Gasteiger partial charge < -0.3 is 15.4 Å². The van der Waals surface area contributed by atoms with E-state index in [0.29, 0.717) is 29.5 Å². The molecule has 1 amide bonds. The molecular weight excluding hydrogens is 240 g/mol. The Balaban J connectivity index is 3.16. The van der Waals surface area contributed by atoms with Crippen molar-refractivity contribution in [1.29, 1.82) is 0 Å². The topological polar surface area (TPSA) is 55.6 Å². The largest absolute Gasteiger partial charge is 0.496 e. The summed E-state index contributed by atoms with van der Waals surface area (Å²) in [6.45, 7) is 8.90. The summed E-state index contributed by atoms with van der Waals surface area (Å²) in [6.07, 6.45) is 0. The predicted molar refractivity (Wildman–Crippen MR) is 78.4 cm³/mol. The van der Waals surface area contributed by atoms with Crippen LogP contribution in [-0.4, -0.2) is 30.5 Å². The number of amides is 1. The van der Waals surface area contributed by atoms with Crippen LogP contribution in [0.25, 0.3) is 0 Å². The van der Waals surface area contributed by atoms with E-state index in [1.54, 1.807) is 25.3 Å². The van der Waals surface area contributed by atoms with E-state index >= 15 is 0 Å². The fourth-order valence-electron chi connectivity index (χ4n) is 2.01. The molecule has 4 heteroatoms. The number of nitrogen functional groups attached to an aromatic ring is 1. The van der Waals surface area contributed by atoms with Gasteiger partial charge in [0, 0.05) is 18.3 Å². The molecule has 0 spiro atoms. The lowest BCUT2D eigenvalue weighted by molar-refractivity contribution is 0.0679. The first-order valence-corrected chi connectivity index (χ1v) is 6.61. The Kier molecular flexibility index (Phi) is 5.21. The molecule has 0 aliphatic carbocycles. The minimum Gasteiger partial charge on any atom is -0.496 e. The van der Waals surface area contributed by atoms with Crippen LogP contribution in [0.15, 0.2) is 18.2 Å². The Morgan fingerprint density at radius 1 is 1.32 bits per heavy atom. The summed E-state index contributed by atoms with van der Waals surface area (Å²) >= 11 is 0. The highest BCUT2D eigenvalue weighted by Gasteiger charge is 2.24. The molecular formula is C15H24N2O2. The van der Waals surface area contributed by atoms with Crippen LogP contribution < -0.4 is 10.5 Å². The van der Waals surface area contributed by atoms with Crippen molar-refractivity contribution >= 4 is 11.6 Å². The van der Waals surface area contributed by atoms with Gasteiger partial charge in [-0.3, -0.25) is 4.79 Å². The molecule has 0 atom stereocenters. The molecule has 0 fully saturated rings. The van der Waals surface area contributed by atoms with Crippen molar-refractivity contribution in [1.82, 2.24) is 4.90 Å². The van der Waals surface area contributed by atoms with Crippen LogP contribution in [-0.2, 0) is 0 Å². The third-order valence-corrected chi connectivity index (χ3v) is 2.94. The van der Waals surface area contributed by atoms with E-state index in [4.69, 9.17) is 10.5 Å². The monoisotopic (exact) mass is 264 g/mol. The first-order valence-electron chi connectivity index (χ1n) is 6.61. The molecule has 19 heavy (non-hydrogen) atoms. The van der Waals surface area contributed by atoms with Crippen molar-refractivity contribution in [2.75, 3.05) is 19.4 Å². The van der Waals surface area contributed by atoms with Crippen LogP contribution in [0.3, 0.4) is 0 Å². The number of benzene rings is 1. The van der Waals surface area contributed by atoms with Gasteiger partial charge >= 0.3 is 0 Å². The standard InChI is InChI=1S/C15H24N2O2/c1-10(2)9-17(11(3)4)15(18)14-12(16)7-6-8-13(14)19-5/h6-8,10-11H,9,16H2,1-5H3. The van der Waals surface area contributed by atoms with Crippen molar-refractivity contribution in [3.63, 3.8) is 0 Å². The average Bonchev–Trinajstić information content (AvgIpc) is 2.34. The van der Waals surface area contributed by atoms with Crippen molar-refractivity contribution in [2.24, 2.45) is 5.92 Å². The smallest absolute Gasteiger partial charge is 0.259 e. The third kappa shape index (κ3) is 3.63. The molecule has 106 valence electrons. The number of nitrogens with two attached hydrogens (primary N) is 1. The van der Waals surface area contributed by atoms with Crippen LogP contribution in [0.2, 0.25) is 0 Å². The fourth-order valence-corrected chi connectivity index (χ4v) is 2.01. The highest BCUT2D eigenvalue weighted by atomic mass is 16.5. The molecule has 0 heterocycles. The van der Waals surface area contributed by atoms with E-state index < -0.39 is 0 Å². The van der Waals surface area contributed by atoms with Gasteiger partial charge in [0.05, 0.1) is 7.11 Å². The average molecular weight is 264 g/mol. The number of hydrogen-bond acceptors (Lipinski definition) is 3. The lowest BCUT2D eigenvalue weighted by Gasteiger charge is -2.29. The molecule has 0 aromatic heterocycles. The Hall–Kier alpha value is -1.71. The van der Waals surface area contributed by atoms with Crippen LogP contribution in [0.1, 0.15) is 38.1 Å². The second-order valence-corrected chi connectivity index (χ2v) is 5.37. The zero-order chi connectivity index (χ0) is 14.6. The first-order chi connectivity index (χ1) is 8.88. The summed E-state index contributed by atoms with van der Waals surface area (Å²) in [6, 6.07) is 5.40. The second kappa shape index (κ2) is 6.45. The van der Waals surface area contributed by atoms with Crippen LogP contribution in [0.4, 0.5) is 5.69 Å². The number of anilines is 1. The number of rotatable bonds is 5. The minimum atomic E-state index is -0.0707. The zero-order valence-corrected chi connectivity index (χ0v) is 12.4. The summed E-state index contributed by atoms with van der Waals surface area (Å²) in [5, 5.41) is 0. The molecule has 0 aliphatic rings. The normalized spacial score (nSPS) is 10.9. The lowest BCUT2D eigenvalue weighted by atomic mass is 10.1. The van der Waals surface area contributed by atoms with Gasteiger partial charge in [0.2, 0.25) is 0 Å². The van der Waals surface area contributed by atoms with E-state index in [-0.39, 0.29) is 11.9 Å². The van der Waals surface area contributed by atoms with E-state index in [1.807, 2.05) is 18.7 Å². The zero-order valence-electron chi connectivity index (χ0n) is 12.4. The van der Waals surface area contributed by atoms with Crippen LogP contribution >= 0.6 is 0 Å².